The molecular weight excluding hydrogens is 624 g/mol. The predicted molar refractivity (Wildman–Crippen MR) is 173 cm³/mol. The number of unbranched alkanes of at least 4 members (excludes halogenated alkanes) is 1. The van der Waals surface area contributed by atoms with Crippen molar-refractivity contribution < 1.29 is 52.2 Å². The molecule has 2 heterocycles. The van der Waals surface area contributed by atoms with Crippen LogP contribution in [0.2, 0.25) is 0 Å². The van der Waals surface area contributed by atoms with Gasteiger partial charge in [0.25, 0.3) is 0 Å². The molecule has 2 fully saturated rings. The van der Waals surface area contributed by atoms with Crippen molar-refractivity contribution in [1.82, 2.24) is 16.0 Å². The summed E-state index contributed by atoms with van der Waals surface area (Å²) >= 11 is 1.90. The second-order valence-corrected chi connectivity index (χ2v) is 11.8. The Bertz CT molecular complexity index is 747. The lowest BCUT2D eigenvalue weighted by atomic mass is 10.0. The highest BCUT2D eigenvalue weighted by Crippen LogP contribution is 2.33. The van der Waals surface area contributed by atoms with Gasteiger partial charge >= 0.3 is 6.03 Å². The molecule has 0 saturated carbocycles. The van der Waals surface area contributed by atoms with Crippen LogP contribution in [0.5, 0.6) is 0 Å². The summed E-state index contributed by atoms with van der Waals surface area (Å²) in [6.45, 7) is 10.1. The number of hydrogen-bond donors (Lipinski definition) is 4. The van der Waals surface area contributed by atoms with Crippen LogP contribution in [0, 0.1) is 0 Å². The highest BCUT2D eigenvalue weighted by molar-refractivity contribution is 8.00. The Balaban J connectivity index is 1.17. The van der Waals surface area contributed by atoms with Crippen LogP contribution in [0.25, 0.3) is 0 Å². The van der Waals surface area contributed by atoms with Gasteiger partial charge < -0.3 is 64.3 Å². The summed E-state index contributed by atoms with van der Waals surface area (Å²) in [6.07, 6.45) is 3.35. The standard InChI is InChI=1S/C30H58N4O11S/c31-5-7-37-9-11-39-13-15-41-17-19-43-21-23-45-24-22-44-20-18-42-16-14-40-12-10-38-8-6-32-28(35)4-2-1-3-27-29-26(25-46-27)33-30(36)34-29/h26-27,29H,1-25,31H2,(H,32,35)(H2,33,34,36). The molecule has 2 rings (SSSR count). The first-order chi connectivity index (χ1) is 22.7. The molecule has 0 aromatic rings. The number of carbonyl (C=O) groups excluding carboxylic acids is 2. The van der Waals surface area contributed by atoms with E-state index in [0.29, 0.717) is 144 Å². The average Bonchev–Trinajstić information content (AvgIpc) is 3.61. The van der Waals surface area contributed by atoms with Gasteiger partial charge in [0.1, 0.15) is 0 Å². The summed E-state index contributed by atoms with van der Waals surface area (Å²) < 4.78 is 48.8. The summed E-state index contributed by atoms with van der Waals surface area (Å²) in [7, 11) is 0. The number of fused-ring (bicyclic) bond motifs is 1. The summed E-state index contributed by atoms with van der Waals surface area (Å²) in [6, 6.07) is 0.414. The Morgan fingerprint density at radius 2 is 1.09 bits per heavy atom. The zero-order valence-corrected chi connectivity index (χ0v) is 28.2. The number of ether oxygens (including phenoxy) is 9. The molecule has 46 heavy (non-hydrogen) atoms. The van der Waals surface area contributed by atoms with Gasteiger partial charge in [-0.25, -0.2) is 4.79 Å². The number of amides is 3. The number of hydrogen-bond acceptors (Lipinski definition) is 13. The molecule has 0 spiro atoms. The van der Waals surface area contributed by atoms with Crippen molar-refractivity contribution in [2.24, 2.45) is 5.73 Å². The van der Waals surface area contributed by atoms with E-state index >= 15 is 0 Å². The van der Waals surface area contributed by atoms with E-state index in [1.807, 2.05) is 11.8 Å². The topological polar surface area (TPSA) is 179 Å². The molecule has 2 aliphatic heterocycles. The average molecular weight is 683 g/mol. The van der Waals surface area contributed by atoms with Crippen molar-refractivity contribution in [3.05, 3.63) is 0 Å². The summed E-state index contributed by atoms with van der Waals surface area (Å²) in [5.74, 6) is 1.01. The molecule has 15 nitrogen and oxygen atoms in total. The maximum atomic E-state index is 12.0. The molecule has 2 saturated heterocycles. The lowest BCUT2D eigenvalue weighted by Gasteiger charge is -2.16. The SMILES string of the molecule is NCCOCCOCCOCCOCCOCCOCCOCCOCCOCCNC(=O)CCCCC1SCC2NC(=O)NC21. The summed E-state index contributed by atoms with van der Waals surface area (Å²) in [4.78, 5) is 23.5. The highest BCUT2D eigenvalue weighted by Gasteiger charge is 2.42. The number of nitrogens with one attached hydrogen (secondary N) is 3. The number of carbonyl (C=O) groups is 2. The molecule has 0 bridgehead atoms. The van der Waals surface area contributed by atoms with Gasteiger partial charge in [0.05, 0.1) is 131 Å². The largest absolute Gasteiger partial charge is 0.378 e. The van der Waals surface area contributed by atoms with Gasteiger partial charge in [-0.1, -0.05) is 6.42 Å². The predicted octanol–water partition coefficient (Wildman–Crippen LogP) is -0.0635. The normalized spacial score (nSPS) is 18.9. The quantitative estimate of drug-likeness (QED) is 0.0524. The van der Waals surface area contributed by atoms with Crippen molar-refractivity contribution in [3.8, 4) is 0 Å². The minimum Gasteiger partial charge on any atom is -0.378 e. The van der Waals surface area contributed by atoms with Gasteiger partial charge in [0.2, 0.25) is 5.91 Å². The second-order valence-electron chi connectivity index (χ2n) is 10.5. The number of thioether (sulfide) groups is 1. The Kier molecular flexibility index (Phi) is 26.5. The maximum absolute atomic E-state index is 12.0. The molecule has 3 atom stereocenters. The van der Waals surface area contributed by atoms with Crippen LogP contribution in [0.1, 0.15) is 25.7 Å². The van der Waals surface area contributed by atoms with Crippen molar-refractivity contribution in [2.45, 2.75) is 43.0 Å². The Morgan fingerprint density at radius 1 is 0.652 bits per heavy atom. The molecule has 0 aromatic heterocycles. The molecule has 5 N–H and O–H groups in total. The lowest BCUT2D eigenvalue weighted by Crippen LogP contribution is -2.36. The highest BCUT2D eigenvalue weighted by atomic mass is 32.2. The van der Waals surface area contributed by atoms with Crippen LogP contribution in [0.3, 0.4) is 0 Å². The first-order valence-electron chi connectivity index (χ1n) is 16.6. The van der Waals surface area contributed by atoms with Gasteiger partial charge in [-0.3, -0.25) is 4.79 Å². The van der Waals surface area contributed by atoms with E-state index in [4.69, 9.17) is 48.4 Å². The molecule has 2 aliphatic rings. The van der Waals surface area contributed by atoms with E-state index in [0.717, 1.165) is 25.0 Å². The third kappa shape index (κ3) is 22.3. The number of urea groups is 1. The van der Waals surface area contributed by atoms with Crippen molar-refractivity contribution in [2.75, 3.05) is 138 Å². The zero-order valence-electron chi connectivity index (χ0n) is 27.4. The van der Waals surface area contributed by atoms with Gasteiger partial charge in [-0.2, -0.15) is 11.8 Å². The van der Waals surface area contributed by atoms with E-state index in [2.05, 4.69) is 16.0 Å². The van der Waals surface area contributed by atoms with Gasteiger partial charge in [0.15, 0.2) is 0 Å². The smallest absolute Gasteiger partial charge is 0.315 e. The van der Waals surface area contributed by atoms with Crippen LogP contribution in [-0.4, -0.2) is 167 Å². The van der Waals surface area contributed by atoms with Gasteiger partial charge in [0, 0.05) is 30.5 Å². The first kappa shape index (κ1) is 40.9. The van der Waals surface area contributed by atoms with Crippen molar-refractivity contribution in [1.29, 1.82) is 0 Å². The minimum absolute atomic E-state index is 0.0453. The molecule has 16 heteroatoms. The third-order valence-corrected chi connectivity index (χ3v) is 8.40. The van der Waals surface area contributed by atoms with Crippen LogP contribution >= 0.6 is 11.8 Å². The van der Waals surface area contributed by atoms with E-state index < -0.39 is 0 Å². The fourth-order valence-corrected chi connectivity index (χ4v) is 6.11. The van der Waals surface area contributed by atoms with Gasteiger partial charge in [-0.15, -0.1) is 0 Å². The second kappa shape index (κ2) is 29.8. The molecule has 3 amide bonds. The molecule has 3 unspecified atom stereocenters. The Morgan fingerprint density at radius 3 is 1.54 bits per heavy atom. The fraction of sp³-hybridized carbons (Fsp3) is 0.933. The van der Waals surface area contributed by atoms with Crippen LogP contribution < -0.4 is 21.7 Å². The first-order valence-corrected chi connectivity index (χ1v) is 17.6. The Labute approximate surface area is 278 Å². The third-order valence-electron chi connectivity index (χ3n) is 6.89. The van der Waals surface area contributed by atoms with Crippen LogP contribution in [0.15, 0.2) is 0 Å². The number of rotatable bonds is 34. The molecule has 270 valence electrons. The van der Waals surface area contributed by atoms with E-state index in [-0.39, 0.29) is 24.0 Å². The van der Waals surface area contributed by atoms with Crippen molar-refractivity contribution in [3.63, 3.8) is 0 Å². The molecule has 0 aliphatic carbocycles. The van der Waals surface area contributed by atoms with Crippen molar-refractivity contribution >= 4 is 23.7 Å². The molecule has 0 aromatic carbocycles. The lowest BCUT2D eigenvalue weighted by molar-refractivity contribution is -0.121. The van der Waals surface area contributed by atoms with Crippen LogP contribution in [0.4, 0.5) is 4.79 Å². The van der Waals surface area contributed by atoms with Gasteiger partial charge in [-0.05, 0) is 12.8 Å². The van der Waals surface area contributed by atoms with Crippen LogP contribution in [-0.2, 0) is 47.4 Å². The van der Waals surface area contributed by atoms with E-state index in [1.165, 1.54) is 0 Å². The fourth-order valence-electron chi connectivity index (χ4n) is 4.57. The minimum atomic E-state index is -0.0592. The van der Waals surface area contributed by atoms with E-state index in [1.54, 1.807) is 0 Å². The molecular formula is C30H58N4O11S. The monoisotopic (exact) mass is 682 g/mol. The molecule has 0 radical (unpaired) electrons. The maximum Gasteiger partial charge on any atom is 0.315 e. The van der Waals surface area contributed by atoms with E-state index in [9.17, 15) is 9.59 Å². The number of nitrogens with two attached hydrogens (primary N) is 1. The zero-order chi connectivity index (χ0) is 32.8. The summed E-state index contributed by atoms with van der Waals surface area (Å²) in [5.41, 5.74) is 5.33. The Hall–Kier alpha value is -1.31. The summed E-state index contributed by atoms with van der Waals surface area (Å²) in [5, 5.41) is 9.28.